The van der Waals surface area contributed by atoms with E-state index < -0.39 is 11.7 Å². The highest BCUT2D eigenvalue weighted by Gasteiger charge is 2.32. The maximum Gasteiger partial charge on any atom is 0.417 e. The molecule has 0 aromatic heterocycles. The molecule has 1 nitrogen and oxygen atoms in total. The lowest BCUT2D eigenvalue weighted by Crippen LogP contribution is -2.36. The zero-order valence-corrected chi connectivity index (χ0v) is 14.0. The molecular formula is C18H21ClF3N. The van der Waals surface area contributed by atoms with E-state index in [1.807, 2.05) is 0 Å². The zero-order chi connectivity index (χ0) is 16.9. The molecule has 5 heteroatoms. The number of halogens is 4. The van der Waals surface area contributed by atoms with Crippen LogP contribution in [-0.2, 0) is 6.18 Å². The van der Waals surface area contributed by atoms with E-state index >= 15 is 0 Å². The van der Waals surface area contributed by atoms with E-state index in [-0.39, 0.29) is 5.02 Å². The van der Waals surface area contributed by atoms with Crippen molar-refractivity contribution in [3.05, 3.63) is 34.3 Å². The normalized spacial score (nSPS) is 16.3. The Morgan fingerprint density at radius 2 is 1.91 bits per heavy atom. The van der Waals surface area contributed by atoms with E-state index in [9.17, 15) is 13.2 Å². The number of alkyl halides is 3. The van der Waals surface area contributed by atoms with Gasteiger partial charge in [0.15, 0.2) is 0 Å². The van der Waals surface area contributed by atoms with Gasteiger partial charge in [-0.3, -0.25) is 4.90 Å². The minimum absolute atomic E-state index is 0.302. The van der Waals surface area contributed by atoms with Gasteiger partial charge in [0.2, 0.25) is 0 Å². The maximum absolute atomic E-state index is 12.7. The molecule has 1 aliphatic rings. The number of hydrogen-bond donors (Lipinski definition) is 0. The van der Waals surface area contributed by atoms with Gasteiger partial charge in [-0.2, -0.15) is 13.2 Å². The Morgan fingerprint density at radius 1 is 1.22 bits per heavy atom. The van der Waals surface area contributed by atoms with Crippen LogP contribution in [0, 0.1) is 11.8 Å². The molecule has 0 N–H and O–H groups in total. The average Bonchev–Trinajstić information content (AvgIpc) is 2.51. The first-order chi connectivity index (χ1) is 10.9. The molecule has 0 unspecified atom stereocenters. The summed E-state index contributed by atoms with van der Waals surface area (Å²) in [5, 5.41) is -0.302. The SMILES string of the molecule is CCN(CC#Cc1ccc(C(F)(F)F)c(Cl)c1)C1CCCCC1. The second-order valence-corrected chi connectivity index (χ2v) is 6.26. The van der Waals surface area contributed by atoms with Gasteiger partial charge in [-0.15, -0.1) is 0 Å². The molecular weight excluding hydrogens is 323 g/mol. The third-order valence-electron chi connectivity index (χ3n) is 4.29. The zero-order valence-electron chi connectivity index (χ0n) is 13.2. The Hall–Kier alpha value is -1.18. The summed E-state index contributed by atoms with van der Waals surface area (Å²) in [7, 11) is 0. The average molecular weight is 344 g/mol. The molecule has 1 aromatic rings. The highest BCUT2D eigenvalue weighted by molar-refractivity contribution is 6.31. The summed E-state index contributed by atoms with van der Waals surface area (Å²) in [4.78, 5) is 2.35. The lowest BCUT2D eigenvalue weighted by atomic mass is 9.94. The first-order valence-electron chi connectivity index (χ1n) is 8.01. The molecule has 0 radical (unpaired) electrons. The molecule has 0 heterocycles. The molecule has 1 saturated carbocycles. The minimum atomic E-state index is -4.43. The summed E-state index contributed by atoms with van der Waals surface area (Å²) in [6, 6.07) is 4.23. The molecule has 0 atom stereocenters. The van der Waals surface area contributed by atoms with Gasteiger partial charge in [-0.05, 0) is 37.6 Å². The van der Waals surface area contributed by atoms with E-state index in [1.165, 1.54) is 44.2 Å². The fourth-order valence-corrected chi connectivity index (χ4v) is 3.30. The molecule has 0 bridgehead atoms. The smallest absolute Gasteiger partial charge is 0.290 e. The summed E-state index contributed by atoms with van der Waals surface area (Å²) < 4.78 is 38.0. The maximum atomic E-state index is 12.7. The minimum Gasteiger partial charge on any atom is -0.290 e. The van der Waals surface area contributed by atoms with Crippen molar-refractivity contribution in [1.82, 2.24) is 4.90 Å². The van der Waals surface area contributed by atoms with Gasteiger partial charge in [0.25, 0.3) is 0 Å². The highest BCUT2D eigenvalue weighted by Crippen LogP contribution is 2.34. The lowest BCUT2D eigenvalue weighted by Gasteiger charge is -2.32. The first kappa shape index (κ1) is 18.2. The summed E-state index contributed by atoms with van der Waals surface area (Å²) in [6.07, 6.45) is 1.84. The van der Waals surface area contributed by atoms with Crippen LogP contribution in [0.3, 0.4) is 0 Å². The van der Waals surface area contributed by atoms with Crippen molar-refractivity contribution >= 4 is 11.6 Å². The van der Waals surface area contributed by atoms with Gasteiger partial charge in [0.1, 0.15) is 0 Å². The number of rotatable bonds is 3. The predicted octanol–water partition coefficient (Wildman–Crippen LogP) is 5.36. The van der Waals surface area contributed by atoms with E-state index in [1.54, 1.807) is 0 Å². The van der Waals surface area contributed by atoms with Crippen LogP contribution in [0.5, 0.6) is 0 Å². The van der Waals surface area contributed by atoms with Crippen molar-refractivity contribution in [2.75, 3.05) is 13.1 Å². The lowest BCUT2D eigenvalue weighted by molar-refractivity contribution is -0.137. The van der Waals surface area contributed by atoms with Crippen molar-refractivity contribution in [2.45, 2.75) is 51.2 Å². The van der Waals surface area contributed by atoms with E-state index in [0.29, 0.717) is 18.2 Å². The Bertz CT molecular complexity index is 580. The first-order valence-corrected chi connectivity index (χ1v) is 8.39. The second-order valence-electron chi connectivity index (χ2n) is 5.85. The van der Waals surface area contributed by atoms with Crippen molar-refractivity contribution < 1.29 is 13.2 Å². The van der Waals surface area contributed by atoms with Crippen molar-refractivity contribution in [3.63, 3.8) is 0 Å². The highest BCUT2D eigenvalue weighted by atomic mass is 35.5. The van der Waals surface area contributed by atoms with Gasteiger partial charge in [0, 0.05) is 11.6 Å². The largest absolute Gasteiger partial charge is 0.417 e. The summed E-state index contributed by atoms with van der Waals surface area (Å²) in [5.74, 6) is 6.00. The van der Waals surface area contributed by atoms with Crippen LogP contribution < -0.4 is 0 Å². The van der Waals surface area contributed by atoms with Gasteiger partial charge in [-0.25, -0.2) is 0 Å². The number of hydrogen-bond acceptors (Lipinski definition) is 1. The van der Waals surface area contributed by atoms with E-state index in [2.05, 4.69) is 23.7 Å². The molecule has 23 heavy (non-hydrogen) atoms. The van der Waals surface area contributed by atoms with Crippen LogP contribution in [0.1, 0.15) is 50.2 Å². The van der Waals surface area contributed by atoms with Crippen LogP contribution in [0.4, 0.5) is 13.2 Å². The van der Waals surface area contributed by atoms with Crippen LogP contribution in [-0.4, -0.2) is 24.0 Å². The van der Waals surface area contributed by atoms with Gasteiger partial charge in [0.05, 0.1) is 17.1 Å². The van der Waals surface area contributed by atoms with Gasteiger partial charge in [-0.1, -0.05) is 49.6 Å². The third kappa shape index (κ3) is 5.16. The van der Waals surface area contributed by atoms with Crippen molar-refractivity contribution in [2.24, 2.45) is 0 Å². The van der Waals surface area contributed by atoms with Crippen LogP contribution in [0.15, 0.2) is 18.2 Å². The Labute approximate surface area is 140 Å². The molecule has 126 valence electrons. The summed E-state index contributed by atoms with van der Waals surface area (Å²) >= 11 is 5.71. The molecule has 0 aliphatic heterocycles. The Morgan fingerprint density at radius 3 is 2.48 bits per heavy atom. The van der Waals surface area contributed by atoms with Crippen LogP contribution in [0.2, 0.25) is 5.02 Å². The Balaban J connectivity index is 2.02. The van der Waals surface area contributed by atoms with Crippen LogP contribution in [0.25, 0.3) is 0 Å². The van der Waals surface area contributed by atoms with Crippen LogP contribution >= 0.6 is 11.6 Å². The number of nitrogens with zero attached hydrogens (tertiary/aromatic N) is 1. The molecule has 1 fully saturated rings. The van der Waals surface area contributed by atoms with Gasteiger partial charge >= 0.3 is 6.18 Å². The Kier molecular flexibility index (Phi) is 6.38. The van der Waals surface area contributed by atoms with E-state index in [4.69, 9.17) is 11.6 Å². The van der Waals surface area contributed by atoms with Gasteiger partial charge < -0.3 is 0 Å². The molecule has 1 aliphatic carbocycles. The van der Waals surface area contributed by atoms with Crippen molar-refractivity contribution in [3.8, 4) is 11.8 Å². The third-order valence-corrected chi connectivity index (χ3v) is 4.60. The molecule has 0 amide bonds. The fourth-order valence-electron chi connectivity index (χ4n) is 3.01. The molecule has 0 spiro atoms. The van der Waals surface area contributed by atoms with Crippen molar-refractivity contribution in [1.29, 1.82) is 0 Å². The molecule has 1 aromatic carbocycles. The second kappa shape index (κ2) is 8.08. The standard InChI is InChI=1S/C18H21ClF3N/c1-2-23(15-8-4-3-5-9-15)12-6-7-14-10-11-16(17(19)13-14)18(20,21)22/h10-11,13,15H,2-5,8-9,12H2,1H3. The summed E-state index contributed by atoms with van der Waals surface area (Å²) in [5.41, 5.74) is -0.301. The predicted molar refractivity (Wildman–Crippen MR) is 87.5 cm³/mol. The molecule has 2 rings (SSSR count). The molecule has 0 saturated heterocycles. The quantitative estimate of drug-likeness (QED) is 0.667. The van der Waals surface area contributed by atoms with E-state index in [0.717, 1.165) is 12.6 Å². The summed E-state index contributed by atoms with van der Waals surface area (Å²) in [6.45, 7) is 3.69. The topological polar surface area (TPSA) is 3.24 Å². The number of benzene rings is 1. The monoisotopic (exact) mass is 343 g/mol. The fraction of sp³-hybridized carbons (Fsp3) is 0.556.